The van der Waals surface area contributed by atoms with Crippen molar-refractivity contribution >= 4 is 0 Å². The van der Waals surface area contributed by atoms with Crippen molar-refractivity contribution in [2.24, 2.45) is 5.73 Å². The summed E-state index contributed by atoms with van der Waals surface area (Å²) in [5.74, 6) is 0. The Labute approximate surface area is 43.0 Å². The minimum atomic E-state index is 0.834. The topological polar surface area (TPSA) is 35.2 Å². The van der Waals surface area contributed by atoms with Crippen LogP contribution >= 0.6 is 0 Å². The third kappa shape index (κ3) is 1.11. The van der Waals surface area contributed by atoms with Gasteiger partial charge in [0.1, 0.15) is 6.26 Å². The van der Waals surface area contributed by atoms with Crippen molar-refractivity contribution in [3.8, 4) is 0 Å². The average Bonchev–Trinajstić information content (AvgIpc) is 1.69. The Morgan fingerprint density at radius 1 is 1.71 bits per heavy atom. The van der Waals surface area contributed by atoms with Gasteiger partial charge in [-0.25, -0.2) is 0 Å². The van der Waals surface area contributed by atoms with E-state index < -0.39 is 0 Å². The van der Waals surface area contributed by atoms with E-state index in [0.717, 1.165) is 25.1 Å². The highest BCUT2D eigenvalue weighted by atomic mass is 16.5. The summed E-state index contributed by atoms with van der Waals surface area (Å²) in [4.78, 5) is 0. The smallest absolute Gasteiger partial charge is 0.102 e. The van der Waals surface area contributed by atoms with E-state index in [1.54, 1.807) is 6.26 Å². The molecule has 0 unspecified atom stereocenters. The second kappa shape index (κ2) is 1.87. The van der Waals surface area contributed by atoms with Gasteiger partial charge in [-0.15, -0.1) is 0 Å². The first-order valence-corrected chi connectivity index (χ1v) is 2.46. The summed E-state index contributed by atoms with van der Waals surface area (Å²) in [6, 6.07) is 0. The molecule has 0 bridgehead atoms. The molecule has 2 heteroatoms. The van der Waals surface area contributed by atoms with Crippen LogP contribution in [0.4, 0.5) is 0 Å². The molecule has 1 rings (SSSR count). The molecule has 0 amide bonds. The summed E-state index contributed by atoms with van der Waals surface area (Å²) in [6.07, 6.45) is 3.70. The lowest BCUT2D eigenvalue weighted by Gasteiger charge is -2.07. The van der Waals surface area contributed by atoms with Crippen molar-refractivity contribution in [1.29, 1.82) is 0 Å². The van der Waals surface area contributed by atoms with Crippen molar-refractivity contribution in [2.45, 2.75) is 12.8 Å². The third-order valence-electron chi connectivity index (χ3n) is 0.962. The fourth-order valence-electron chi connectivity index (χ4n) is 0.585. The molecular formula is C5H9NO. The van der Waals surface area contributed by atoms with Crippen LogP contribution in [0.25, 0.3) is 0 Å². The first-order valence-electron chi connectivity index (χ1n) is 2.46. The van der Waals surface area contributed by atoms with Crippen LogP contribution in [0.5, 0.6) is 0 Å². The zero-order valence-electron chi connectivity index (χ0n) is 4.18. The Balaban J connectivity index is 2.40. The quantitative estimate of drug-likeness (QED) is 0.482. The van der Waals surface area contributed by atoms with Crippen LogP contribution in [-0.2, 0) is 4.74 Å². The summed E-state index contributed by atoms with van der Waals surface area (Å²) in [5.41, 5.74) is 6.24. The average molecular weight is 99.1 g/mol. The van der Waals surface area contributed by atoms with E-state index in [4.69, 9.17) is 10.5 Å². The van der Waals surface area contributed by atoms with Gasteiger partial charge in [0.2, 0.25) is 0 Å². The van der Waals surface area contributed by atoms with Crippen LogP contribution in [0.1, 0.15) is 12.8 Å². The van der Waals surface area contributed by atoms with Gasteiger partial charge in [-0.05, 0) is 12.8 Å². The molecule has 0 aromatic carbocycles. The number of rotatable bonds is 0. The minimum Gasteiger partial charge on any atom is -0.499 e. The SMILES string of the molecule is NC1=COCCC1. The summed E-state index contributed by atoms with van der Waals surface area (Å²) in [6.45, 7) is 0.834. The van der Waals surface area contributed by atoms with Gasteiger partial charge in [0.05, 0.1) is 6.61 Å². The summed E-state index contributed by atoms with van der Waals surface area (Å²) >= 11 is 0. The van der Waals surface area contributed by atoms with Gasteiger partial charge in [-0.1, -0.05) is 0 Å². The fourth-order valence-corrected chi connectivity index (χ4v) is 0.585. The van der Waals surface area contributed by atoms with Crippen molar-refractivity contribution in [3.05, 3.63) is 12.0 Å². The number of nitrogens with two attached hydrogens (primary N) is 1. The predicted octanol–water partition coefficient (Wildman–Crippen LogP) is 0.597. The Morgan fingerprint density at radius 3 is 2.86 bits per heavy atom. The summed E-state index contributed by atoms with van der Waals surface area (Å²) < 4.78 is 4.89. The third-order valence-corrected chi connectivity index (χ3v) is 0.962. The van der Waals surface area contributed by atoms with Gasteiger partial charge in [0.15, 0.2) is 0 Å². The van der Waals surface area contributed by atoms with Gasteiger partial charge in [-0.2, -0.15) is 0 Å². The molecule has 2 nitrogen and oxygen atoms in total. The highest BCUT2D eigenvalue weighted by Crippen LogP contribution is 2.04. The second-order valence-electron chi connectivity index (χ2n) is 1.67. The zero-order valence-corrected chi connectivity index (χ0v) is 4.18. The number of hydrogen-bond acceptors (Lipinski definition) is 2. The highest BCUT2D eigenvalue weighted by molar-refractivity contribution is 4.92. The van der Waals surface area contributed by atoms with Crippen molar-refractivity contribution in [2.75, 3.05) is 6.61 Å². The van der Waals surface area contributed by atoms with Crippen molar-refractivity contribution in [1.82, 2.24) is 0 Å². The molecule has 0 saturated heterocycles. The van der Waals surface area contributed by atoms with E-state index >= 15 is 0 Å². The van der Waals surface area contributed by atoms with Crippen LogP contribution in [0.3, 0.4) is 0 Å². The molecule has 0 aromatic rings. The molecule has 40 valence electrons. The largest absolute Gasteiger partial charge is 0.499 e. The molecule has 1 heterocycles. The Hall–Kier alpha value is -0.660. The van der Waals surface area contributed by atoms with Crippen molar-refractivity contribution in [3.63, 3.8) is 0 Å². The Kier molecular flexibility index (Phi) is 1.20. The number of ether oxygens (including phenoxy) is 1. The Morgan fingerprint density at radius 2 is 2.57 bits per heavy atom. The lowest BCUT2D eigenvalue weighted by Crippen LogP contribution is -2.05. The molecule has 0 radical (unpaired) electrons. The maximum absolute atomic E-state index is 5.37. The normalized spacial score (nSPS) is 20.3. The molecule has 0 aromatic heterocycles. The second-order valence-corrected chi connectivity index (χ2v) is 1.67. The lowest BCUT2D eigenvalue weighted by molar-refractivity contribution is 0.224. The molecule has 2 N–H and O–H groups in total. The standard InChI is InChI=1S/C5H9NO/c6-5-2-1-3-7-4-5/h4H,1-3,6H2. The van der Waals surface area contributed by atoms with Gasteiger partial charge in [-0.3, -0.25) is 0 Å². The molecule has 7 heavy (non-hydrogen) atoms. The van der Waals surface area contributed by atoms with E-state index in [1.165, 1.54) is 0 Å². The first-order chi connectivity index (χ1) is 3.39. The van der Waals surface area contributed by atoms with Gasteiger partial charge < -0.3 is 10.5 Å². The fraction of sp³-hybridized carbons (Fsp3) is 0.600. The predicted molar refractivity (Wildman–Crippen MR) is 27.5 cm³/mol. The number of allylic oxidation sites excluding steroid dienone is 1. The molecule has 0 aliphatic carbocycles. The van der Waals surface area contributed by atoms with Gasteiger partial charge in [0, 0.05) is 5.70 Å². The molecule has 0 fully saturated rings. The lowest BCUT2D eigenvalue weighted by atomic mass is 10.2. The molecule has 0 spiro atoms. The molecule has 0 atom stereocenters. The summed E-state index contributed by atoms with van der Waals surface area (Å²) in [7, 11) is 0. The van der Waals surface area contributed by atoms with Crippen LogP contribution < -0.4 is 5.73 Å². The van der Waals surface area contributed by atoms with E-state index in [1.807, 2.05) is 0 Å². The first kappa shape index (κ1) is 4.50. The minimum absolute atomic E-state index is 0.834. The molecular weight excluding hydrogens is 90.1 g/mol. The van der Waals surface area contributed by atoms with E-state index in [9.17, 15) is 0 Å². The van der Waals surface area contributed by atoms with E-state index in [-0.39, 0.29) is 0 Å². The van der Waals surface area contributed by atoms with E-state index in [0.29, 0.717) is 0 Å². The van der Waals surface area contributed by atoms with Crippen LogP contribution in [-0.4, -0.2) is 6.61 Å². The maximum Gasteiger partial charge on any atom is 0.102 e. The van der Waals surface area contributed by atoms with Crippen LogP contribution in [0.2, 0.25) is 0 Å². The van der Waals surface area contributed by atoms with E-state index in [2.05, 4.69) is 0 Å². The van der Waals surface area contributed by atoms with Gasteiger partial charge >= 0.3 is 0 Å². The molecule has 1 aliphatic rings. The number of hydrogen-bond donors (Lipinski definition) is 1. The zero-order chi connectivity index (χ0) is 5.11. The van der Waals surface area contributed by atoms with Crippen LogP contribution in [0.15, 0.2) is 12.0 Å². The van der Waals surface area contributed by atoms with Gasteiger partial charge in [0.25, 0.3) is 0 Å². The monoisotopic (exact) mass is 99.1 g/mol. The summed E-state index contributed by atoms with van der Waals surface area (Å²) in [5, 5.41) is 0. The molecule has 1 aliphatic heterocycles. The maximum atomic E-state index is 5.37. The van der Waals surface area contributed by atoms with Crippen molar-refractivity contribution < 1.29 is 4.74 Å². The molecule has 0 saturated carbocycles. The Bertz CT molecular complexity index is 88.1. The van der Waals surface area contributed by atoms with Crippen LogP contribution in [0, 0.1) is 0 Å². The highest BCUT2D eigenvalue weighted by Gasteiger charge is 1.96.